The van der Waals surface area contributed by atoms with Gasteiger partial charge in [0.05, 0.1) is 6.61 Å². The highest BCUT2D eigenvalue weighted by atomic mass is 127. The molecule has 4 nitrogen and oxygen atoms in total. The summed E-state index contributed by atoms with van der Waals surface area (Å²) >= 11 is 0. The summed E-state index contributed by atoms with van der Waals surface area (Å²) in [5, 5.41) is 6.63. The van der Waals surface area contributed by atoms with E-state index >= 15 is 0 Å². The molecule has 0 heterocycles. The summed E-state index contributed by atoms with van der Waals surface area (Å²) in [6, 6.07) is 8.14. The number of rotatable bonds is 7. The molecule has 0 fully saturated rings. The molecule has 0 spiro atoms. The van der Waals surface area contributed by atoms with Crippen LogP contribution >= 0.6 is 24.0 Å². The van der Waals surface area contributed by atoms with Crippen LogP contribution in [0.25, 0.3) is 0 Å². The molecular weight excluding hydrogens is 389 g/mol. The summed E-state index contributed by atoms with van der Waals surface area (Å²) in [7, 11) is 1.79. The quantitative estimate of drug-likeness (QED) is 0.403. The van der Waals surface area contributed by atoms with Gasteiger partial charge >= 0.3 is 0 Å². The van der Waals surface area contributed by atoms with Crippen LogP contribution in [-0.4, -0.2) is 26.2 Å². The first-order valence-corrected chi connectivity index (χ1v) is 7.68. The van der Waals surface area contributed by atoms with Crippen molar-refractivity contribution in [3.05, 3.63) is 29.8 Å². The highest BCUT2D eigenvalue weighted by molar-refractivity contribution is 14.0. The van der Waals surface area contributed by atoms with Crippen molar-refractivity contribution in [2.45, 2.75) is 34.2 Å². The molecule has 0 saturated heterocycles. The highest BCUT2D eigenvalue weighted by Crippen LogP contribution is 2.18. The second kappa shape index (κ2) is 11.6. The SMILES string of the molecule is CN=C(NCc1ccccc1OCC(C)C)NCC(C)C.I. The van der Waals surface area contributed by atoms with Crippen LogP contribution in [-0.2, 0) is 6.54 Å². The number of ether oxygens (including phenoxy) is 1. The van der Waals surface area contributed by atoms with Crippen molar-refractivity contribution in [3.63, 3.8) is 0 Å². The molecule has 0 aliphatic heterocycles. The van der Waals surface area contributed by atoms with E-state index in [1.54, 1.807) is 7.05 Å². The molecule has 0 aliphatic carbocycles. The minimum Gasteiger partial charge on any atom is -0.493 e. The Morgan fingerprint density at radius 2 is 1.77 bits per heavy atom. The summed E-state index contributed by atoms with van der Waals surface area (Å²) in [6.45, 7) is 11.0. The number of benzene rings is 1. The zero-order valence-electron chi connectivity index (χ0n) is 14.3. The lowest BCUT2D eigenvalue weighted by Crippen LogP contribution is -2.38. The van der Waals surface area contributed by atoms with E-state index in [9.17, 15) is 0 Å². The van der Waals surface area contributed by atoms with Gasteiger partial charge < -0.3 is 15.4 Å². The van der Waals surface area contributed by atoms with Gasteiger partial charge in [-0.2, -0.15) is 0 Å². The molecule has 1 aromatic carbocycles. The van der Waals surface area contributed by atoms with Crippen molar-refractivity contribution in [1.29, 1.82) is 0 Å². The maximum absolute atomic E-state index is 5.86. The van der Waals surface area contributed by atoms with Crippen LogP contribution < -0.4 is 15.4 Å². The van der Waals surface area contributed by atoms with Gasteiger partial charge in [0.2, 0.25) is 0 Å². The smallest absolute Gasteiger partial charge is 0.191 e. The van der Waals surface area contributed by atoms with Gasteiger partial charge in [-0.05, 0) is 17.9 Å². The predicted molar refractivity (Wildman–Crippen MR) is 105 cm³/mol. The number of guanidine groups is 1. The number of nitrogens with zero attached hydrogens (tertiary/aromatic N) is 1. The normalized spacial score (nSPS) is 11.3. The first-order chi connectivity index (χ1) is 10.0. The van der Waals surface area contributed by atoms with Gasteiger partial charge in [-0.3, -0.25) is 4.99 Å². The molecule has 0 bridgehead atoms. The monoisotopic (exact) mass is 419 g/mol. The number of hydrogen-bond acceptors (Lipinski definition) is 2. The Kier molecular flexibility index (Phi) is 11.1. The van der Waals surface area contributed by atoms with Gasteiger partial charge in [-0.25, -0.2) is 0 Å². The second-order valence-electron chi connectivity index (χ2n) is 6.01. The summed E-state index contributed by atoms with van der Waals surface area (Å²) < 4.78 is 5.86. The molecule has 0 saturated carbocycles. The third kappa shape index (κ3) is 8.46. The Morgan fingerprint density at radius 3 is 2.36 bits per heavy atom. The molecule has 0 atom stereocenters. The lowest BCUT2D eigenvalue weighted by molar-refractivity contribution is 0.268. The third-order valence-corrected chi connectivity index (χ3v) is 2.89. The van der Waals surface area contributed by atoms with Crippen molar-refractivity contribution in [3.8, 4) is 5.75 Å². The number of hydrogen-bond donors (Lipinski definition) is 2. The molecule has 5 heteroatoms. The number of halogens is 1. The number of aliphatic imine (C=N–C) groups is 1. The van der Waals surface area contributed by atoms with Crippen molar-refractivity contribution in [1.82, 2.24) is 10.6 Å². The van der Waals surface area contributed by atoms with E-state index in [4.69, 9.17) is 4.74 Å². The van der Waals surface area contributed by atoms with Crippen molar-refractivity contribution >= 4 is 29.9 Å². The van der Waals surface area contributed by atoms with Gasteiger partial charge in [0.15, 0.2) is 5.96 Å². The third-order valence-electron chi connectivity index (χ3n) is 2.89. The fourth-order valence-electron chi connectivity index (χ4n) is 1.75. The molecule has 1 rings (SSSR count). The fraction of sp³-hybridized carbons (Fsp3) is 0.588. The lowest BCUT2D eigenvalue weighted by Gasteiger charge is -2.16. The highest BCUT2D eigenvalue weighted by Gasteiger charge is 2.05. The maximum Gasteiger partial charge on any atom is 0.191 e. The van der Waals surface area contributed by atoms with E-state index in [0.717, 1.165) is 30.4 Å². The van der Waals surface area contributed by atoms with Crippen LogP contribution in [0.15, 0.2) is 29.3 Å². The van der Waals surface area contributed by atoms with E-state index in [-0.39, 0.29) is 24.0 Å². The summed E-state index contributed by atoms with van der Waals surface area (Å²) in [6.07, 6.45) is 0. The molecule has 22 heavy (non-hydrogen) atoms. The summed E-state index contributed by atoms with van der Waals surface area (Å²) in [4.78, 5) is 4.23. The predicted octanol–water partition coefficient (Wildman–Crippen LogP) is 3.66. The van der Waals surface area contributed by atoms with E-state index in [1.807, 2.05) is 18.2 Å². The van der Waals surface area contributed by atoms with Crippen LogP contribution in [0.1, 0.15) is 33.3 Å². The number of nitrogens with one attached hydrogen (secondary N) is 2. The molecule has 0 aromatic heterocycles. The minimum absolute atomic E-state index is 0. The van der Waals surface area contributed by atoms with Crippen molar-refractivity contribution < 1.29 is 4.74 Å². The molecule has 0 unspecified atom stereocenters. The maximum atomic E-state index is 5.86. The molecule has 0 radical (unpaired) electrons. The van der Waals surface area contributed by atoms with Gasteiger partial charge in [0.1, 0.15) is 5.75 Å². The molecule has 0 amide bonds. The zero-order chi connectivity index (χ0) is 15.7. The summed E-state index contributed by atoms with van der Waals surface area (Å²) in [5.41, 5.74) is 1.14. The van der Waals surface area contributed by atoms with Crippen LogP contribution in [0.4, 0.5) is 0 Å². The van der Waals surface area contributed by atoms with E-state index in [0.29, 0.717) is 18.4 Å². The van der Waals surface area contributed by atoms with E-state index in [1.165, 1.54) is 0 Å². The van der Waals surface area contributed by atoms with Crippen LogP contribution in [0, 0.1) is 11.8 Å². The standard InChI is InChI=1S/C17H29N3O.HI/c1-13(2)10-19-17(18-5)20-11-15-8-6-7-9-16(15)21-12-14(3)4;/h6-9,13-14H,10-12H2,1-5H3,(H2,18,19,20);1H. The molecule has 1 aromatic rings. The molecule has 2 N–H and O–H groups in total. The first kappa shape index (κ1) is 21.0. The largest absolute Gasteiger partial charge is 0.493 e. The summed E-state index contributed by atoms with van der Waals surface area (Å²) in [5.74, 6) is 2.87. The Morgan fingerprint density at radius 1 is 1.09 bits per heavy atom. The molecule has 0 aliphatic rings. The van der Waals surface area contributed by atoms with Gasteiger partial charge in [0, 0.05) is 25.7 Å². The van der Waals surface area contributed by atoms with Crippen LogP contribution in [0.5, 0.6) is 5.75 Å². The fourth-order valence-corrected chi connectivity index (χ4v) is 1.75. The lowest BCUT2D eigenvalue weighted by atomic mass is 10.2. The molecule has 126 valence electrons. The average molecular weight is 419 g/mol. The van der Waals surface area contributed by atoms with Crippen LogP contribution in [0.3, 0.4) is 0 Å². The second-order valence-corrected chi connectivity index (χ2v) is 6.01. The zero-order valence-corrected chi connectivity index (χ0v) is 16.7. The number of para-hydroxylation sites is 1. The Labute approximate surface area is 152 Å². The Hall–Kier alpha value is -0.980. The van der Waals surface area contributed by atoms with Crippen LogP contribution in [0.2, 0.25) is 0 Å². The van der Waals surface area contributed by atoms with Crippen molar-refractivity contribution in [2.75, 3.05) is 20.2 Å². The van der Waals surface area contributed by atoms with Crippen molar-refractivity contribution in [2.24, 2.45) is 16.8 Å². The minimum atomic E-state index is 0. The topological polar surface area (TPSA) is 45.7 Å². The van der Waals surface area contributed by atoms with Gasteiger partial charge in [-0.15, -0.1) is 24.0 Å². The Bertz CT molecular complexity index is 447. The average Bonchev–Trinajstić information content (AvgIpc) is 2.46. The van der Waals surface area contributed by atoms with Gasteiger partial charge in [-0.1, -0.05) is 45.9 Å². The first-order valence-electron chi connectivity index (χ1n) is 7.68. The molecular formula is C17H30IN3O. The van der Waals surface area contributed by atoms with Gasteiger partial charge in [0.25, 0.3) is 0 Å². The van der Waals surface area contributed by atoms with E-state index < -0.39 is 0 Å². The van der Waals surface area contributed by atoms with E-state index in [2.05, 4.69) is 49.4 Å². The Balaban J connectivity index is 0.00000441.